The Kier molecular flexibility index (Phi) is 3.71. The van der Waals surface area contributed by atoms with Gasteiger partial charge < -0.3 is 10.1 Å². The highest BCUT2D eigenvalue weighted by atomic mass is 16.6. The third kappa shape index (κ3) is 3.57. The maximum Gasteiger partial charge on any atom is 0.307 e. The van der Waals surface area contributed by atoms with E-state index >= 15 is 0 Å². The van der Waals surface area contributed by atoms with Crippen LogP contribution in [-0.4, -0.2) is 17.6 Å². The number of rotatable bonds is 2. The van der Waals surface area contributed by atoms with Crippen LogP contribution in [0.2, 0.25) is 0 Å². The predicted octanol–water partition coefficient (Wildman–Crippen LogP) is 2.43. The standard InChI is InChI=1S/C15H21NO2/c1-15(2,3)18-14(17)9-13-8-11-6-4-5-7-12(11)10-16-13/h4-7,13,16H,8-10H2,1-3H3. The fourth-order valence-electron chi connectivity index (χ4n) is 2.25. The first-order valence-corrected chi connectivity index (χ1v) is 6.46. The Morgan fingerprint density at radius 1 is 1.33 bits per heavy atom. The van der Waals surface area contributed by atoms with E-state index in [1.807, 2.05) is 20.8 Å². The minimum Gasteiger partial charge on any atom is -0.460 e. The van der Waals surface area contributed by atoms with Gasteiger partial charge in [-0.1, -0.05) is 24.3 Å². The minimum absolute atomic E-state index is 0.126. The Morgan fingerprint density at radius 2 is 2.00 bits per heavy atom. The molecule has 3 nitrogen and oxygen atoms in total. The van der Waals surface area contributed by atoms with E-state index in [1.54, 1.807) is 0 Å². The van der Waals surface area contributed by atoms with Crippen molar-refractivity contribution in [3.8, 4) is 0 Å². The van der Waals surface area contributed by atoms with Crippen molar-refractivity contribution in [1.29, 1.82) is 0 Å². The quantitative estimate of drug-likeness (QED) is 0.816. The van der Waals surface area contributed by atoms with Gasteiger partial charge in [-0.3, -0.25) is 4.79 Å². The highest BCUT2D eigenvalue weighted by molar-refractivity contribution is 5.70. The number of hydrogen-bond donors (Lipinski definition) is 1. The first kappa shape index (κ1) is 13.1. The highest BCUT2D eigenvalue weighted by Gasteiger charge is 2.23. The Morgan fingerprint density at radius 3 is 2.67 bits per heavy atom. The fraction of sp³-hybridized carbons (Fsp3) is 0.533. The van der Waals surface area contributed by atoms with Gasteiger partial charge in [0.05, 0.1) is 6.42 Å². The lowest BCUT2D eigenvalue weighted by Crippen LogP contribution is -2.38. The van der Waals surface area contributed by atoms with Crippen molar-refractivity contribution in [3.05, 3.63) is 35.4 Å². The molecular formula is C15H21NO2. The second-order valence-corrected chi connectivity index (χ2v) is 5.84. The van der Waals surface area contributed by atoms with Crippen LogP contribution in [0.25, 0.3) is 0 Å². The van der Waals surface area contributed by atoms with Crippen LogP contribution >= 0.6 is 0 Å². The monoisotopic (exact) mass is 247 g/mol. The molecule has 0 amide bonds. The molecular weight excluding hydrogens is 226 g/mol. The van der Waals surface area contributed by atoms with Crippen LogP contribution in [-0.2, 0) is 22.5 Å². The van der Waals surface area contributed by atoms with E-state index in [2.05, 4.69) is 29.6 Å². The van der Waals surface area contributed by atoms with E-state index in [4.69, 9.17) is 4.74 Å². The molecule has 1 heterocycles. The number of fused-ring (bicyclic) bond motifs is 1. The third-order valence-corrected chi connectivity index (χ3v) is 3.00. The SMILES string of the molecule is CC(C)(C)OC(=O)CC1Cc2ccccc2CN1. The van der Waals surface area contributed by atoms with Crippen LogP contribution in [0.1, 0.15) is 38.3 Å². The maximum atomic E-state index is 11.8. The molecule has 1 unspecified atom stereocenters. The van der Waals surface area contributed by atoms with Crippen molar-refractivity contribution in [3.63, 3.8) is 0 Å². The molecule has 1 atom stereocenters. The van der Waals surface area contributed by atoms with Crippen LogP contribution in [0.4, 0.5) is 0 Å². The zero-order chi connectivity index (χ0) is 13.2. The Labute approximate surface area is 109 Å². The molecule has 1 N–H and O–H groups in total. The molecule has 2 rings (SSSR count). The second kappa shape index (κ2) is 5.11. The number of hydrogen-bond acceptors (Lipinski definition) is 3. The average Bonchev–Trinajstić information content (AvgIpc) is 2.26. The molecule has 3 heteroatoms. The Hall–Kier alpha value is -1.35. The zero-order valence-electron chi connectivity index (χ0n) is 11.3. The molecule has 0 aromatic heterocycles. The summed E-state index contributed by atoms with van der Waals surface area (Å²) in [6, 6.07) is 8.56. The maximum absolute atomic E-state index is 11.8. The van der Waals surface area contributed by atoms with Gasteiger partial charge in [-0.25, -0.2) is 0 Å². The molecule has 1 aromatic rings. The summed E-state index contributed by atoms with van der Waals surface area (Å²) in [4.78, 5) is 11.8. The molecule has 1 aliphatic rings. The van der Waals surface area contributed by atoms with Gasteiger partial charge >= 0.3 is 5.97 Å². The van der Waals surface area contributed by atoms with E-state index in [0.717, 1.165) is 13.0 Å². The van der Waals surface area contributed by atoms with Gasteiger partial charge in [-0.15, -0.1) is 0 Å². The fourth-order valence-corrected chi connectivity index (χ4v) is 2.25. The van der Waals surface area contributed by atoms with E-state index in [0.29, 0.717) is 6.42 Å². The topological polar surface area (TPSA) is 38.3 Å². The van der Waals surface area contributed by atoms with Crippen molar-refractivity contribution in [2.24, 2.45) is 0 Å². The molecule has 98 valence electrons. The number of carbonyl (C=O) groups excluding carboxylic acids is 1. The third-order valence-electron chi connectivity index (χ3n) is 3.00. The smallest absolute Gasteiger partial charge is 0.307 e. The summed E-state index contributed by atoms with van der Waals surface area (Å²) in [5, 5.41) is 3.39. The first-order valence-electron chi connectivity index (χ1n) is 6.46. The number of nitrogens with one attached hydrogen (secondary N) is 1. The Bertz CT molecular complexity index is 434. The predicted molar refractivity (Wildman–Crippen MR) is 71.2 cm³/mol. The summed E-state index contributed by atoms with van der Waals surface area (Å²) in [5.41, 5.74) is 2.27. The van der Waals surface area contributed by atoms with Crippen molar-refractivity contribution >= 4 is 5.97 Å². The largest absolute Gasteiger partial charge is 0.460 e. The lowest BCUT2D eigenvalue weighted by molar-refractivity contribution is -0.155. The van der Waals surface area contributed by atoms with Crippen molar-refractivity contribution in [2.45, 2.75) is 51.8 Å². The van der Waals surface area contributed by atoms with Crippen LogP contribution in [0.3, 0.4) is 0 Å². The molecule has 1 aromatic carbocycles. The number of benzene rings is 1. The lowest BCUT2D eigenvalue weighted by Gasteiger charge is -2.27. The van der Waals surface area contributed by atoms with Gasteiger partial charge in [0.2, 0.25) is 0 Å². The van der Waals surface area contributed by atoms with Crippen LogP contribution < -0.4 is 5.32 Å². The zero-order valence-corrected chi connectivity index (χ0v) is 11.3. The van der Waals surface area contributed by atoms with Crippen LogP contribution in [0.5, 0.6) is 0 Å². The molecule has 0 saturated carbocycles. The first-order chi connectivity index (χ1) is 8.44. The average molecular weight is 247 g/mol. The molecule has 0 aliphatic carbocycles. The van der Waals surface area contributed by atoms with Crippen molar-refractivity contribution < 1.29 is 9.53 Å². The van der Waals surface area contributed by atoms with E-state index in [-0.39, 0.29) is 12.0 Å². The molecule has 0 spiro atoms. The van der Waals surface area contributed by atoms with Gasteiger partial charge in [-0.2, -0.15) is 0 Å². The number of carbonyl (C=O) groups is 1. The summed E-state index contributed by atoms with van der Waals surface area (Å²) in [7, 11) is 0. The normalized spacial score (nSPS) is 19.2. The van der Waals surface area contributed by atoms with Gasteiger partial charge in [0.1, 0.15) is 5.60 Å². The summed E-state index contributed by atoms with van der Waals surface area (Å²) in [6.07, 6.45) is 1.33. The van der Waals surface area contributed by atoms with E-state index in [9.17, 15) is 4.79 Å². The molecule has 0 fully saturated rings. The van der Waals surface area contributed by atoms with Crippen LogP contribution in [0.15, 0.2) is 24.3 Å². The summed E-state index contributed by atoms with van der Waals surface area (Å²) < 4.78 is 5.35. The van der Waals surface area contributed by atoms with Gasteiger partial charge in [0.15, 0.2) is 0 Å². The summed E-state index contributed by atoms with van der Waals surface area (Å²) in [6.45, 7) is 6.53. The summed E-state index contributed by atoms with van der Waals surface area (Å²) >= 11 is 0. The van der Waals surface area contributed by atoms with Crippen molar-refractivity contribution in [1.82, 2.24) is 5.32 Å². The molecule has 1 aliphatic heterocycles. The molecule has 0 bridgehead atoms. The van der Waals surface area contributed by atoms with Gasteiger partial charge in [0.25, 0.3) is 0 Å². The number of esters is 1. The van der Waals surface area contributed by atoms with E-state index in [1.165, 1.54) is 11.1 Å². The molecule has 0 saturated heterocycles. The van der Waals surface area contributed by atoms with Crippen LogP contribution in [0, 0.1) is 0 Å². The second-order valence-electron chi connectivity index (χ2n) is 5.84. The number of ether oxygens (including phenoxy) is 1. The highest BCUT2D eigenvalue weighted by Crippen LogP contribution is 2.19. The van der Waals surface area contributed by atoms with Gasteiger partial charge in [-0.05, 0) is 38.3 Å². The lowest BCUT2D eigenvalue weighted by atomic mass is 9.94. The van der Waals surface area contributed by atoms with E-state index < -0.39 is 5.60 Å². The summed E-state index contributed by atoms with van der Waals surface area (Å²) in [5.74, 6) is -0.126. The molecule has 0 radical (unpaired) electrons. The van der Waals surface area contributed by atoms with Crippen molar-refractivity contribution in [2.75, 3.05) is 0 Å². The van der Waals surface area contributed by atoms with Gasteiger partial charge in [0, 0.05) is 12.6 Å². The molecule has 18 heavy (non-hydrogen) atoms. The minimum atomic E-state index is -0.399. The Balaban J connectivity index is 1.92.